The van der Waals surface area contributed by atoms with Crippen molar-refractivity contribution in [1.29, 1.82) is 0 Å². The zero-order chi connectivity index (χ0) is 20.1. The van der Waals surface area contributed by atoms with Gasteiger partial charge in [-0.1, -0.05) is 72.8 Å². The molecule has 0 aliphatic carbocycles. The van der Waals surface area contributed by atoms with Crippen LogP contribution in [-0.4, -0.2) is 9.97 Å². The van der Waals surface area contributed by atoms with Crippen molar-refractivity contribution in [2.45, 2.75) is 0 Å². The molecular weight excluding hydrogens is 408 g/mol. The maximum Gasteiger partial charge on any atom is 0.223 e. The van der Waals surface area contributed by atoms with E-state index < -0.39 is 0 Å². The minimum atomic E-state index is 0.278. The monoisotopic (exact) mass is 422 g/mol. The first-order valence-electron chi connectivity index (χ1n) is 9.71. The number of hydrogen-bond acceptors (Lipinski definition) is 3. The molecule has 30 heavy (non-hydrogen) atoms. The predicted molar refractivity (Wildman–Crippen MR) is 128 cm³/mol. The van der Waals surface area contributed by atoms with Gasteiger partial charge in [0, 0.05) is 15.6 Å². The first-order valence-corrected chi connectivity index (χ1v) is 10.9. The molecule has 4 heteroatoms. The number of hydrogen-bond donors (Lipinski definition) is 0. The molecule has 6 rings (SSSR count). The highest BCUT2D eigenvalue weighted by molar-refractivity contribution is 7.26. The third-order valence-electron chi connectivity index (χ3n) is 5.41. The summed E-state index contributed by atoms with van der Waals surface area (Å²) < 4.78 is 2.26. The lowest BCUT2D eigenvalue weighted by Crippen LogP contribution is -1.89. The summed E-state index contributed by atoms with van der Waals surface area (Å²) in [6, 6.07) is 31.8. The molecule has 2 aromatic heterocycles. The zero-order valence-electron chi connectivity index (χ0n) is 15.8. The standard InChI is InChI=1S/C26H15ClN2S/c27-26-28-23(25-24(29-26)21-8-4-5-9-22(21)30-25)20-13-12-18-14-17(10-11-19(18)15-20)16-6-2-1-3-7-16/h1-15H. The fourth-order valence-corrected chi connectivity index (χ4v) is 5.29. The summed E-state index contributed by atoms with van der Waals surface area (Å²) in [4.78, 5) is 9.13. The second kappa shape index (κ2) is 6.91. The first kappa shape index (κ1) is 17.6. The fourth-order valence-electron chi connectivity index (χ4n) is 3.96. The Morgan fingerprint density at radius 1 is 0.633 bits per heavy atom. The molecule has 0 aliphatic rings. The van der Waals surface area contributed by atoms with Crippen molar-refractivity contribution >= 4 is 54.0 Å². The Kier molecular flexibility index (Phi) is 4.05. The summed E-state index contributed by atoms with van der Waals surface area (Å²) >= 11 is 8.03. The Morgan fingerprint density at radius 3 is 2.17 bits per heavy atom. The lowest BCUT2D eigenvalue weighted by molar-refractivity contribution is 1.24. The van der Waals surface area contributed by atoms with Gasteiger partial charge in [0.2, 0.25) is 5.28 Å². The average molecular weight is 423 g/mol. The average Bonchev–Trinajstić information content (AvgIpc) is 3.17. The number of halogens is 1. The summed E-state index contributed by atoms with van der Waals surface area (Å²) in [5, 5.41) is 3.78. The van der Waals surface area contributed by atoms with E-state index in [4.69, 9.17) is 11.6 Å². The van der Waals surface area contributed by atoms with E-state index in [-0.39, 0.29) is 5.28 Å². The van der Waals surface area contributed by atoms with Crippen LogP contribution < -0.4 is 0 Å². The van der Waals surface area contributed by atoms with Crippen LogP contribution >= 0.6 is 22.9 Å². The molecule has 0 spiro atoms. The van der Waals surface area contributed by atoms with Gasteiger partial charge in [-0.3, -0.25) is 0 Å². The second-order valence-electron chi connectivity index (χ2n) is 7.26. The van der Waals surface area contributed by atoms with Crippen molar-refractivity contribution in [3.63, 3.8) is 0 Å². The number of thiophene rings is 1. The van der Waals surface area contributed by atoms with Crippen LogP contribution in [0, 0.1) is 0 Å². The van der Waals surface area contributed by atoms with Gasteiger partial charge in [0.15, 0.2) is 0 Å². The lowest BCUT2D eigenvalue weighted by Gasteiger charge is -2.07. The minimum absolute atomic E-state index is 0.278. The molecule has 0 saturated heterocycles. The van der Waals surface area contributed by atoms with E-state index in [1.54, 1.807) is 11.3 Å². The maximum absolute atomic E-state index is 6.32. The van der Waals surface area contributed by atoms with Gasteiger partial charge < -0.3 is 0 Å². The third-order valence-corrected chi connectivity index (χ3v) is 6.75. The summed E-state index contributed by atoms with van der Waals surface area (Å²) in [6.45, 7) is 0. The number of fused-ring (bicyclic) bond motifs is 4. The molecule has 0 fully saturated rings. The molecular formula is C26H15ClN2S. The Labute approximate surface area is 182 Å². The van der Waals surface area contributed by atoms with E-state index in [0.717, 1.165) is 26.9 Å². The van der Waals surface area contributed by atoms with Gasteiger partial charge in [-0.25, -0.2) is 9.97 Å². The molecule has 0 bridgehead atoms. The second-order valence-corrected chi connectivity index (χ2v) is 8.65. The topological polar surface area (TPSA) is 25.8 Å². The van der Waals surface area contributed by atoms with Crippen LogP contribution in [0.15, 0.2) is 91.0 Å². The Balaban J connectivity index is 1.54. The third kappa shape index (κ3) is 2.86. The Hall–Kier alpha value is -3.27. The quantitative estimate of drug-likeness (QED) is 0.264. The fraction of sp³-hybridized carbons (Fsp3) is 0. The van der Waals surface area contributed by atoms with Crippen LogP contribution in [0.3, 0.4) is 0 Å². The number of rotatable bonds is 2. The summed E-state index contributed by atoms with van der Waals surface area (Å²) in [6.07, 6.45) is 0. The van der Waals surface area contributed by atoms with E-state index in [2.05, 4.69) is 82.8 Å². The highest BCUT2D eigenvalue weighted by atomic mass is 35.5. The van der Waals surface area contributed by atoms with E-state index in [9.17, 15) is 0 Å². The summed E-state index contributed by atoms with van der Waals surface area (Å²) in [5.74, 6) is 0. The van der Waals surface area contributed by atoms with Gasteiger partial charge in [0.1, 0.15) is 0 Å². The highest BCUT2D eigenvalue weighted by Gasteiger charge is 2.15. The van der Waals surface area contributed by atoms with Crippen LogP contribution in [0.25, 0.3) is 53.5 Å². The molecule has 0 radical (unpaired) electrons. The molecule has 2 heterocycles. The van der Waals surface area contributed by atoms with Crippen LogP contribution in [0.4, 0.5) is 0 Å². The molecule has 0 atom stereocenters. The van der Waals surface area contributed by atoms with Crippen LogP contribution in [0.5, 0.6) is 0 Å². The normalized spacial score (nSPS) is 11.5. The zero-order valence-corrected chi connectivity index (χ0v) is 17.4. The Morgan fingerprint density at radius 2 is 1.33 bits per heavy atom. The lowest BCUT2D eigenvalue weighted by atomic mass is 9.99. The molecule has 2 nitrogen and oxygen atoms in total. The predicted octanol–water partition coefficient (Wildman–Crippen LogP) is 7.99. The molecule has 0 aliphatic heterocycles. The SMILES string of the molecule is Clc1nc(-c2ccc3cc(-c4ccccc4)ccc3c2)c2sc3ccccc3c2n1. The van der Waals surface area contributed by atoms with Crippen LogP contribution in [-0.2, 0) is 0 Å². The maximum atomic E-state index is 6.32. The van der Waals surface area contributed by atoms with Gasteiger partial charge in [-0.15, -0.1) is 11.3 Å². The van der Waals surface area contributed by atoms with Crippen LogP contribution in [0.2, 0.25) is 5.28 Å². The van der Waals surface area contributed by atoms with E-state index in [1.807, 2.05) is 18.2 Å². The van der Waals surface area contributed by atoms with Crippen molar-refractivity contribution in [2.75, 3.05) is 0 Å². The smallest absolute Gasteiger partial charge is 0.216 e. The van der Waals surface area contributed by atoms with Crippen molar-refractivity contribution in [3.8, 4) is 22.4 Å². The largest absolute Gasteiger partial charge is 0.223 e. The summed E-state index contributed by atoms with van der Waals surface area (Å²) in [7, 11) is 0. The van der Waals surface area contributed by atoms with E-state index >= 15 is 0 Å². The number of nitrogens with zero attached hydrogens (tertiary/aromatic N) is 2. The number of aromatic nitrogens is 2. The van der Waals surface area contributed by atoms with Gasteiger partial charge in [0.05, 0.1) is 15.9 Å². The minimum Gasteiger partial charge on any atom is -0.216 e. The van der Waals surface area contributed by atoms with E-state index in [0.29, 0.717) is 0 Å². The first-order chi connectivity index (χ1) is 14.8. The van der Waals surface area contributed by atoms with E-state index in [1.165, 1.54) is 26.6 Å². The van der Waals surface area contributed by atoms with Crippen molar-refractivity contribution in [2.24, 2.45) is 0 Å². The highest BCUT2D eigenvalue weighted by Crippen LogP contribution is 2.39. The number of benzene rings is 4. The molecule has 0 amide bonds. The van der Waals surface area contributed by atoms with Gasteiger partial charge in [-0.2, -0.15) is 0 Å². The van der Waals surface area contributed by atoms with Gasteiger partial charge >= 0.3 is 0 Å². The van der Waals surface area contributed by atoms with Crippen molar-refractivity contribution < 1.29 is 0 Å². The summed E-state index contributed by atoms with van der Waals surface area (Å²) in [5.41, 5.74) is 5.30. The van der Waals surface area contributed by atoms with Crippen molar-refractivity contribution in [3.05, 3.63) is 96.3 Å². The van der Waals surface area contributed by atoms with Crippen molar-refractivity contribution in [1.82, 2.24) is 9.97 Å². The van der Waals surface area contributed by atoms with Gasteiger partial charge in [-0.05, 0) is 51.7 Å². The van der Waals surface area contributed by atoms with Crippen LogP contribution in [0.1, 0.15) is 0 Å². The molecule has 0 N–H and O–H groups in total. The Bertz CT molecular complexity index is 1550. The molecule has 142 valence electrons. The molecule has 0 unspecified atom stereocenters. The molecule has 4 aromatic carbocycles. The molecule has 6 aromatic rings. The van der Waals surface area contributed by atoms with Gasteiger partial charge in [0.25, 0.3) is 0 Å². The molecule has 0 saturated carbocycles.